The van der Waals surface area contributed by atoms with Gasteiger partial charge in [0.05, 0.1) is 0 Å². The quantitative estimate of drug-likeness (QED) is 0.743. The minimum Gasteiger partial charge on any atom is -0.435 e. The van der Waals surface area contributed by atoms with Gasteiger partial charge >= 0.3 is 6.61 Å². The number of ether oxygens (including phenoxy) is 1. The smallest absolute Gasteiger partial charge is 0.387 e. The van der Waals surface area contributed by atoms with Crippen LogP contribution in [0.25, 0.3) is 0 Å². The summed E-state index contributed by atoms with van der Waals surface area (Å²) in [5.41, 5.74) is 0. The summed E-state index contributed by atoms with van der Waals surface area (Å²) in [4.78, 5) is 3.27. The topological polar surface area (TPSA) is 22.1 Å². The van der Waals surface area contributed by atoms with Crippen LogP contribution in [0.15, 0.2) is 16.7 Å². The zero-order chi connectivity index (χ0) is 9.14. The van der Waals surface area contributed by atoms with E-state index in [0.29, 0.717) is 0 Å². The number of rotatable bonds is 2. The van der Waals surface area contributed by atoms with Crippen molar-refractivity contribution in [2.75, 3.05) is 0 Å². The van der Waals surface area contributed by atoms with Gasteiger partial charge in [-0.2, -0.15) is 13.2 Å². The van der Waals surface area contributed by atoms with Crippen LogP contribution in [0.3, 0.4) is 0 Å². The fraction of sp³-hybridized carbons (Fsp3) is 0.167. The van der Waals surface area contributed by atoms with E-state index in [1.165, 1.54) is 0 Å². The zero-order valence-electron chi connectivity index (χ0n) is 5.60. The van der Waals surface area contributed by atoms with Crippen molar-refractivity contribution >= 4 is 15.9 Å². The highest BCUT2D eigenvalue weighted by Crippen LogP contribution is 2.19. The lowest BCUT2D eigenvalue weighted by atomic mass is 10.4. The molecule has 1 aromatic rings. The van der Waals surface area contributed by atoms with Gasteiger partial charge in [0.1, 0.15) is 10.4 Å². The van der Waals surface area contributed by atoms with Crippen LogP contribution < -0.4 is 4.74 Å². The van der Waals surface area contributed by atoms with Crippen LogP contribution in [0.2, 0.25) is 0 Å². The highest BCUT2D eigenvalue weighted by molar-refractivity contribution is 9.10. The van der Waals surface area contributed by atoms with E-state index in [4.69, 9.17) is 0 Å². The van der Waals surface area contributed by atoms with E-state index < -0.39 is 12.6 Å². The summed E-state index contributed by atoms with van der Waals surface area (Å²) >= 11 is 2.83. The number of pyridine rings is 1. The first kappa shape index (κ1) is 9.31. The molecule has 0 saturated heterocycles. The van der Waals surface area contributed by atoms with Crippen LogP contribution in [0.4, 0.5) is 13.2 Å². The number of hydrogen-bond acceptors (Lipinski definition) is 2. The van der Waals surface area contributed by atoms with E-state index in [-0.39, 0.29) is 10.4 Å². The molecule has 0 unspecified atom stereocenters. The number of nitrogens with zero attached hydrogens (tertiary/aromatic N) is 1. The molecule has 1 rings (SSSR count). The van der Waals surface area contributed by atoms with Crippen molar-refractivity contribution in [3.8, 4) is 5.75 Å². The summed E-state index contributed by atoms with van der Waals surface area (Å²) in [5, 5.41) is 0. The molecule has 0 aliphatic rings. The van der Waals surface area contributed by atoms with Crippen LogP contribution in [0, 0.1) is 5.95 Å². The molecule has 0 atom stereocenters. The van der Waals surface area contributed by atoms with Crippen molar-refractivity contribution in [1.29, 1.82) is 0 Å². The van der Waals surface area contributed by atoms with Crippen molar-refractivity contribution in [2.45, 2.75) is 6.61 Å². The van der Waals surface area contributed by atoms with Gasteiger partial charge in [-0.3, -0.25) is 0 Å². The Hall–Kier alpha value is -0.780. The van der Waals surface area contributed by atoms with Crippen molar-refractivity contribution in [2.24, 2.45) is 0 Å². The van der Waals surface area contributed by atoms with Crippen LogP contribution >= 0.6 is 15.9 Å². The van der Waals surface area contributed by atoms with Crippen molar-refractivity contribution < 1.29 is 17.9 Å². The second kappa shape index (κ2) is 3.75. The molecule has 6 heteroatoms. The predicted octanol–water partition coefficient (Wildman–Crippen LogP) is 2.58. The molecule has 0 amide bonds. The molecule has 1 aromatic heterocycles. The Labute approximate surface area is 74.5 Å². The average molecular weight is 242 g/mol. The van der Waals surface area contributed by atoms with Crippen LogP contribution in [-0.2, 0) is 0 Å². The predicted molar refractivity (Wildman–Crippen MR) is 38.5 cm³/mol. The van der Waals surface area contributed by atoms with E-state index in [1.807, 2.05) is 0 Å². The minimum atomic E-state index is -2.96. The van der Waals surface area contributed by atoms with Gasteiger partial charge in [0.15, 0.2) is 0 Å². The van der Waals surface area contributed by atoms with E-state index in [9.17, 15) is 13.2 Å². The fourth-order valence-corrected chi connectivity index (χ4v) is 1.01. The Morgan fingerprint density at radius 1 is 1.42 bits per heavy atom. The third-order valence-corrected chi connectivity index (χ3v) is 1.37. The maximum absolute atomic E-state index is 12.4. The summed E-state index contributed by atoms with van der Waals surface area (Å²) in [6, 6.07) is 1.92. The first-order valence-electron chi connectivity index (χ1n) is 2.86. The van der Waals surface area contributed by atoms with Gasteiger partial charge < -0.3 is 4.74 Å². The molecule has 0 aromatic carbocycles. The Kier molecular flexibility index (Phi) is 2.91. The molecule has 66 valence electrons. The van der Waals surface area contributed by atoms with Gasteiger partial charge in [-0.25, -0.2) is 4.98 Å². The van der Waals surface area contributed by atoms with E-state index >= 15 is 0 Å². The Balaban J connectivity index is 2.85. The summed E-state index contributed by atoms with van der Waals surface area (Å²) in [6.07, 6.45) is 0. The second-order valence-corrected chi connectivity index (χ2v) is 2.64. The maximum atomic E-state index is 12.4. The summed E-state index contributed by atoms with van der Waals surface area (Å²) in [5.74, 6) is -1.13. The van der Waals surface area contributed by atoms with Crippen molar-refractivity contribution in [3.05, 3.63) is 22.7 Å². The van der Waals surface area contributed by atoms with E-state index in [1.54, 1.807) is 0 Å². The highest BCUT2D eigenvalue weighted by Gasteiger charge is 2.06. The van der Waals surface area contributed by atoms with E-state index in [0.717, 1.165) is 12.1 Å². The van der Waals surface area contributed by atoms with Gasteiger partial charge in [-0.15, -0.1) is 0 Å². The second-order valence-electron chi connectivity index (χ2n) is 1.83. The normalized spacial score (nSPS) is 10.4. The zero-order valence-corrected chi connectivity index (χ0v) is 7.19. The van der Waals surface area contributed by atoms with Gasteiger partial charge in [0.2, 0.25) is 5.95 Å². The molecule has 0 N–H and O–H groups in total. The lowest BCUT2D eigenvalue weighted by Crippen LogP contribution is -2.02. The fourth-order valence-electron chi connectivity index (χ4n) is 0.614. The summed E-state index contributed by atoms with van der Waals surface area (Å²) in [7, 11) is 0. The standard InChI is InChI=1S/C6H3BrF3NO/c7-4-1-3(12-6(9)10)2-5(8)11-4/h1-2,6H. The molecular weight excluding hydrogens is 239 g/mol. The van der Waals surface area contributed by atoms with Gasteiger partial charge in [-0.05, 0) is 15.9 Å². The Bertz CT molecular complexity index is 261. The monoisotopic (exact) mass is 241 g/mol. The van der Waals surface area contributed by atoms with Gasteiger partial charge in [-0.1, -0.05) is 0 Å². The maximum Gasteiger partial charge on any atom is 0.387 e. The number of hydrogen-bond donors (Lipinski definition) is 0. The lowest BCUT2D eigenvalue weighted by Gasteiger charge is -2.03. The summed E-state index contributed by atoms with van der Waals surface area (Å²) < 4.78 is 39.7. The SMILES string of the molecule is Fc1cc(OC(F)F)cc(Br)n1. The molecule has 0 aliphatic heterocycles. The largest absolute Gasteiger partial charge is 0.435 e. The molecule has 0 fully saturated rings. The Morgan fingerprint density at radius 3 is 2.58 bits per heavy atom. The highest BCUT2D eigenvalue weighted by atomic mass is 79.9. The first-order valence-corrected chi connectivity index (χ1v) is 3.65. The molecule has 1 heterocycles. The molecule has 0 aliphatic carbocycles. The molecule has 12 heavy (non-hydrogen) atoms. The van der Waals surface area contributed by atoms with Crippen molar-refractivity contribution in [3.63, 3.8) is 0 Å². The number of alkyl halides is 2. The third-order valence-electron chi connectivity index (χ3n) is 0.962. The molecule has 0 saturated carbocycles. The number of aromatic nitrogens is 1. The third kappa shape index (κ3) is 2.69. The summed E-state index contributed by atoms with van der Waals surface area (Å²) in [6.45, 7) is -2.96. The van der Waals surface area contributed by atoms with Crippen molar-refractivity contribution in [1.82, 2.24) is 4.98 Å². The van der Waals surface area contributed by atoms with E-state index in [2.05, 4.69) is 25.7 Å². The molecule has 2 nitrogen and oxygen atoms in total. The lowest BCUT2D eigenvalue weighted by molar-refractivity contribution is -0.0501. The van der Waals surface area contributed by atoms with Gasteiger partial charge in [0, 0.05) is 12.1 Å². The first-order chi connectivity index (χ1) is 5.58. The van der Waals surface area contributed by atoms with Gasteiger partial charge in [0.25, 0.3) is 0 Å². The Morgan fingerprint density at radius 2 is 2.08 bits per heavy atom. The van der Waals surface area contributed by atoms with Crippen LogP contribution in [-0.4, -0.2) is 11.6 Å². The minimum absolute atomic E-state index is 0.109. The molecule has 0 radical (unpaired) electrons. The number of halogens is 4. The molecule has 0 spiro atoms. The molecular formula is C6H3BrF3NO. The van der Waals surface area contributed by atoms with Crippen LogP contribution in [0.5, 0.6) is 5.75 Å². The average Bonchev–Trinajstić information content (AvgIpc) is 1.81. The molecule has 0 bridgehead atoms. The van der Waals surface area contributed by atoms with Crippen LogP contribution in [0.1, 0.15) is 0 Å².